The molecule has 4 nitrogen and oxygen atoms in total. The molecular weight excluding hydrogens is 257 g/mol. The van der Waals surface area contributed by atoms with Gasteiger partial charge in [-0.15, -0.1) is 0 Å². The van der Waals surface area contributed by atoms with Crippen LogP contribution in [0.15, 0.2) is 30.5 Å². The maximum absolute atomic E-state index is 13.4. The molecule has 1 aromatic carbocycles. The molecule has 0 spiro atoms. The summed E-state index contributed by atoms with van der Waals surface area (Å²) in [7, 11) is 1.58. The summed E-state index contributed by atoms with van der Waals surface area (Å²) < 4.78 is 18.6. The highest BCUT2D eigenvalue weighted by atomic mass is 35.5. The van der Waals surface area contributed by atoms with Crippen molar-refractivity contribution in [1.29, 1.82) is 0 Å². The van der Waals surface area contributed by atoms with Crippen molar-refractivity contribution in [3.8, 4) is 5.75 Å². The third-order valence-electron chi connectivity index (χ3n) is 2.35. The van der Waals surface area contributed by atoms with Crippen molar-refractivity contribution in [2.75, 3.05) is 12.4 Å². The van der Waals surface area contributed by atoms with Crippen molar-refractivity contribution in [1.82, 2.24) is 9.97 Å². The van der Waals surface area contributed by atoms with Crippen LogP contribution in [0.5, 0.6) is 5.75 Å². The van der Waals surface area contributed by atoms with Crippen LogP contribution in [0.3, 0.4) is 0 Å². The van der Waals surface area contributed by atoms with Crippen LogP contribution in [-0.4, -0.2) is 17.1 Å². The van der Waals surface area contributed by atoms with Gasteiger partial charge in [-0.25, -0.2) is 9.37 Å². The number of aromatic nitrogens is 2. The van der Waals surface area contributed by atoms with Crippen molar-refractivity contribution in [3.05, 3.63) is 47.1 Å². The van der Waals surface area contributed by atoms with E-state index in [1.807, 2.05) is 24.3 Å². The third kappa shape index (κ3) is 2.87. The zero-order valence-corrected chi connectivity index (χ0v) is 10.4. The summed E-state index contributed by atoms with van der Waals surface area (Å²) in [5, 5.41) is 2.85. The first-order chi connectivity index (χ1) is 8.70. The molecule has 0 radical (unpaired) electrons. The van der Waals surface area contributed by atoms with Crippen molar-refractivity contribution in [2.45, 2.75) is 6.54 Å². The van der Waals surface area contributed by atoms with E-state index in [0.29, 0.717) is 6.54 Å². The Kier molecular flexibility index (Phi) is 3.94. The number of para-hydroxylation sites is 1. The van der Waals surface area contributed by atoms with Crippen LogP contribution in [0.1, 0.15) is 5.56 Å². The van der Waals surface area contributed by atoms with E-state index in [1.165, 1.54) is 0 Å². The van der Waals surface area contributed by atoms with E-state index < -0.39 is 5.82 Å². The van der Waals surface area contributed by atoms with E-state index in [4.69, 9.17) is 16.3 Å². The second-order valence-corrected chi connectivity index (χ2v) is 3.84. The summed E-state index contributed by atoms with van der Waals surface area (Å²) in [6, 6.07) is 7.46. The number of benzene rings is 1. The van der Waals surface area contributed by atoms with E-state index in [9.17, 15) is 4.39 Å². The van der Waals surface area contributed by atoms with Gasteiger partial charge in [0.15, 0.2) is 11.6 Å². The van der Waals surface area contributed by atoms with Crippen molar-refractivity contribution in [2.24, 2.45) is 0 Å². The van der Waals surface area contributed by atoms with Gasteiger partial charge in [-0.2, -0.15) is 4.98 Å². The van der Waals surface area contributed by atoms with Crippen LogP contribution < -0.4 is 10.1 Å². The molecule has 0 aliphatic heterocycles. The third-order valence-corrected chi connectivity index (χ3v) is 2.54. The largest absolute Gasteiger partial charge is 0.496 e. The number of hydrogen-bond acceptors (Lipinski definition) is 4. The fourth-order valence-corrected chi connectivity index (χ4v) is 1.63. The van der Waals surface area contributed by atoms with Crippen LogP contribution in [0.2, 0.25) is 5.28 Å². The minimum absolute atomic E-state index is 0.000994. The Labute approximate surface area is 109 Å². The second-order valence-electron chi connectivity index (χ2n) is 3.50. The monoisotopic (exact) mass is 267 g/mol. The number of methoxy groups -OCH3 is 1. The molecule has 0 saturated carbocycles. The van der Waals surface area contributed by atoms with Crippen LogP contribution in [0, 0.1) is 5.82 Å². The number of hydrogen-bond donors (Lipinski definition) is 1. The number of ether oxygens (including phenoxy) is 1. The molecule has 2 aromatic rings. The van der Waals surface area contributed by atoms with Gasteiger partial charge in [-0.1, -0.05) is 18.2 Å². The van der Waals surface area contributed by atoms with Gasteiger partial charge in [0.05, 0.1) is 13.3 Å². The van der Waals surface area contributed by atoms with Crippen molar-refractivity contribution < 1.29 is 9.13 Å². The number of nitrogens with zero attached hydrogens (tertiary/aromatic N) is 2. The van der Waals surface area contributed by atoms with E-state index in [-0.39, 0.29) is 11.1 Å². The van der Waals surface area contributed by atoms with Gasteiger partial charge in [0.25, 0.3) is 0 Å². The van der Waals surface area contributed by atoms with Gasteiger partial charge >= 0.3 is 0 Å². The van der Waals surface area contributed by atoms with Gasteiger partial charge in [-0.05, 0) is 17.7 Å². The van der Waals surface area contributed by atoms with E-state index in [1.54, 1.807) is 7.11 Å². The van der Waals surface area contributed by atoms with Gasteiger partial charge < -0.3 is 10.1 Å². The Hall–Kier alpha value is -1.88. The lowest BCUT2D eigenvalue weighted by molar-refractivity contribution is 0.410. The number of nitrogens with one attached hydrogen (secondary N) is 1. The molecule has 0 unspecified atom stereocenters. The Morgan fingerprint density at radius 2 is 2.17 bits per heavy atom. The summed E-state index contributed by atoms with van der Waals surface area (Å²) in [5.41, 5.74) is 0.897. The van der Waals surface area contributed by atoms with Gasteiger partial charge in [-0.3, -0.25) is 0 Å². The normalized spacial score (nSPS) is 10.2. The lowest BCUT2D eigenvalue weighted by Gasteiger charge is -2.10. The first-order valence-corrected chi connectivity index (χ1v) is 5.62. The van der Waals surface area contributed by atoms with E-state index in [0.717, 1.165) is 17.5 Å². The highest BCUT2D eigenvalue weighted by Crippen LogP contribution is 2.19. The topological polar surface area (TPSA) is 47.0 Å². The van der Waals surface area contributed by atoms with Crippen LogP contribution in [0.4, 0.5) is 10.2 Å². The average molecular weight is 268 g/mol. The molecule has 2 rings (SSSR count). The fraction of sp³-hybridized carbons (Fsp3) is 0.167. The summed E-state index contributed by atoms with van der Waals surface area (Å²) >= 11 is 5.60. The first-order valence-electron chi connectivity index (χ1n) is 5.24. The molecule has 0 aliphatic carbocycles. The summed E-state index contributed by atoms with van der Waals surface area (Å²) in [5.74, 6) is 0.251. The molecule has 0 amide bonds. The zero-order chi connectivity index (χ0) is 13.0. The lowest BCUT2D eigenvalue weighted by Crippen LogP contribution is -2.05. The maximum atomic E-state index is 13.4. The molecule has 1 heterocycles. The molecule has 0 aliphatic rings. The van der Waals surface area contributed by atoms with Gasteiger partial charge in [0.2, 0.25) is 5.28 Å². The Bertz CT molecular complexity index is 551. The van der Waals surface area contributed by atoms with Crippen molar-refractivity contribution >= 4 is 17.4 Å². The minimum atomic E-state index is -0.547. The molecule has 0 saturated heterocycles. The molecule has 18 heavy (non-hydrogen) atoms. The predicted molar refractivity (Wildman–Crippen MR) is 67.3 cm³/mol. The van der Waals surface area contributed by atoms with Crippen molar-refractivity contribution in [3.63, 3.8) is 0 Å². The first kappa shape index (κ1) is 12.6. The highest BCUT2D eigenvalue weighted by Gasteiger charge is 2.07. The Balaban J connectivity index is 2.14. The molecule has 6 heteroatoms. The van der Waals surface area contributed by atoms with Gasteiger partial charge in [0.1, 0.15) is 5.75 Å². The SMILES string of the molecule is COc1ccccc1CNc1nc(Cl)ncc1F. The average Bonchev–Trinajstić information content (AvgIpc) is 2.40. The number of halogens is 2. The molecule has 0 atom stereocenters. The highest BCUT2D eigenvalue weighted by molar-refractivity contribution is 6.28. The summed E-state index contributed by atoms with van der Waals surface area (Å²) in [6.45, 7) is 0.383. The molecule has 1 aromatic heterocycles. The smallest absolute Gasteiger partial charge is 0.224 e. The van der Waals surface area contributed by atoms with Crippen LogP contribution in [0.25, 0.3) is 0 Å². The zero-order valence-electron chi connectivity index (χ0n) is 9.65. The maximum Gasteiger partial charge on any atom is 0.224 e. The summed E-state index contributed by atoms with van der Waals surface area (Å²) in [6.07, 6.45) is 1.03. The predicted octanol–water partition coefficient (Wildman–Crippen LogP) is 2.89. The van der Waals surface area contributed by atoms with E-state index in [2.05, 4.69) is 15.3 Å². The standard InChI is InChI=1S/C12H11ClFN3O/c1-18-10-5-3-2-4-8(10)6-15-11-9(14)7-16-12(13)17-11/h2-5,7H,6H2,1H3,(H,15,16,17). The molecule has 0 fully saturated rings. The summed E-state index contributed by atoms with van der Waals surface area (Å²) in [4.78, 5) is 7.31. The molecular formula is C12H11ClFN3O. The lowest BCUT2D eigenvalue weighted by atomic mass is 10.2. The quantitative estimate of drug-likeness (QED) is 0.866. The Morgan fingerprint density at radius 1 is 1.39 bits per heavy atom. The second kappa shape index (κ2) is 5.64. The molecule has 94 valence electrons. The number of rotatable bonds is 4. The van der Waals surface area contributed by atoms with Crippen LogP contribution >= 0.6 is 11.6 Å². The fourth-order valence-electron chi connectivity index (χ4n) is 1.50. The minimum Gasteiger partial charge on any atom is -0.496 e. The Morgan fingerprint density at radius 3 is 2.94 bits per heavy atom. The van der Waals surface area contributed by atoms with E-state index >= 15 is 0 Å². The van der Waals surface area contributed by atoms with Gasteiger partial charge in [0, 0.05) is 12.1 Å². The molecule has 1 N–H and O–H groups in total. The molecule has 0 bridgehead atoms. The van der Waals surface area contributed by atoms with Crippen LogP contribution in [-0.2, 0) is 6.54 Å². The number of anilines is 1.